The van der Waals surface area contributed by atoms with Gasteiger partial charge in [0.1, 0.15) is 0 Å². The summed E-state index contributed by atoms with van der Waals surface area (Å²) in [5.74, 6) is -0.191. The first-order valence-corrected chi connectivity index (χ1v) is 5.29. The molecule has 0 bridgehead atoms. The highest BCUT2D eigenvalue weighted by Gasteiger charge is 2.18. The van der Waals surface area contributed by atoms with Crippen LogP contribution in [0.1, 0.15) is 20.3 Å². The molecule has 0 radical (unpaired) electrons. The van der Waals surface area contributed by atoms with Gasteiger partial charge in [-0.3, -0.25) is 4.90 Å². The van der Waals surface area contributed by atoms with E-state index in [1.165, 1.54) is 0 Å². The molecule has 0 saturated heterocycles. The summed E-state index contributed by atoms with van der Waals surface area (Å²) in [6.45, 7) is 6.14. The zero-order chi connectivity index (χ0) is 9.84. The van der Waals surface area contributed by atoms with Gasteiger partial charge in [-0.05, 0) is 20.3 Å². The number of hydrogen-bond acceptors (Lipinski definition) is 3. The Bertz CT molecular complexity index is 226. The molecule has 0 aromatic carbocycles. The minimum atomic E-state index is -0.191. The normalized spacial score (nSPS) is 18.6. The van der Waals surface area contributed by atoms with Crippen molar-refractivity contribution in [2.24, 2.45) is 0 Å². The molecule has 1 aliphatic heterocycles. The van der Waals surface area contributed by atoms with E-state index in [2.05, 4.69) is 21.8 Å². The van der Waals surface area contributed by atoms with Crippen molar-refractivity contribution < 1.29 is 7.86 Å². The number of halogens is 1. The summed E-state index contributed by atoms with van der Waals surface area (Å²) in [5.41, 5.74) is 0.811. The van der Waals surface area contributed by atoms with E-state index >= 15 is 0 Å². The fraction of sp³-hybridized carbons (Fsp3) is 0.667. The van der Waals surface area contributed by atoms with Gasteiger partial charge in [0.15, 0.2) is 23.0 Å². The summed E-state index contributed by atoms with van der Waals surface area (Å²) < 4.78 is 4.63. The fourth-order valence-electron chi connectivity index (χ4n) is 1.39. The molecule has 4 heteroatoms. The van der Waals surface area contributed by atoms with Crippen molar-refractivity contribution in [3.05, 3.63) is 11.6 Å². The van der Waals surface area contributed by atoms with Crippen molar-refractivity contribution in [3.63, 3.8) is 0 Å². The van der Waals surface area contributed by atoms with Crippen molar-refractivity contribution in [3.8, 4) is 0 Å². The predicted octanol–water partition coefficient (Wildman–Crippen LogP) is 1.92. The van der Waals surface area contributed by atoms with Gasteiger partial charge in [0.2, 0.25) is 0 Å². The lowest BCUT2D eigenvalue weighted by atomic mass is 10.1. The number of nitrogens with zero attached hydrogens (tertiary/aromatic N) is 1. The van der Waals surface area contributed by atoms with E-state index in [1.54, 1.807) is 23.0 Å². The van der Waals surface area contributed by atoms with Gasteiger partial charge in [-0.25, -0.2) is 4.79 Å². The summed E-state index contributed by atoms with van der Waals surface area (Å²) in [4.78, 5) is 13.5. The number of carbonyl (C=O) groups is 1. The lowest BCUT2D eigenvalue weighted by Gasteiger charge is -2.28. The zero-order valence-electron chi connectivity index (χ0n) is 7.92. The topological polar surface area (TPSA) is 29.5 Å². The van der Waals surface area contributed by atoms with E-state index in [-0.39, 0.29) is 5.97 Å². The van der Waals surface area contributed by atoms with E-state index in [0.717, 1.165) is 25.1 Å². The van der Waals surface area contributed by atoms with Gasteiger partial charge in [-0.15, -0.1) is 0 Å². The maximum Gasteiger partial charge on any atom is 0.343 e. The van der Waals surface area contributed by atoms with Crippen LogP contribution in [-0.4, -0.2) is 30.0 Å². The van der Waals surface area contributed by atoms with Gasteiger partial charge in [0.25, 0.3) is 0 Å². The Balaban J connectivity index is 2.52. The Morgan fingerprint density at radius 3 is 2.77 bits per heavy atom. The van der Waals surface area contributed by atoms with Crippen molar-refractivity contribution >= 4 is 29.0 Å². The molecule has 0 N–H and O–H groups in total. The maximum atomic E-state index is 11.1. The van der Waals surface area contributed by atoms with Crippen molar-refractivity contribution in [2.75, 3.05) is 13.1 Å². The van der Waals surface area contributed by atoms with Crippen LogP contribution in [0.5, 0.6) is 0 Å². The summed E-state index contributed by atoms with van der Waals surface area (Å²) >= 11 is 1.63. The molecule has 1 aliphatic rings. The summed E-state index contributed by atoms with van der Waals surface area (Å²) in [6.07, 6.45) is 2.77. The first-order valence-electron chi connectivity index (χ1n) is 4.41. The molecule has 0 aromatic rings. The molecule has 74 valence electrons. The summed E-state index contributed by atoms with van der Waals surface area (Å²) in [7, 11) is 0. The Morgan fingerprint density at radius 2 is 2.38 bits per heavy atom. The molecule has 0 aliphatic carbocycles. The molecule has 0 aromatic heterocycles. The standard InChI is InChI=1S/C9H14INO2/c1-7(2)11-5-3-8(4-6-11)9(12)13-10/h3,7H,4-6H2,1-2H3. The first-order chi connectivity index (χ1) is 6.15. The van der Waals surface area contributed by atoms with Crippen LogP contribution in [0, 0.1) is 0 Å². The third-order valence-electron chi connectivity index (χ3n) is 2.30. The molecule has 1 heterocycles. The van der Waals surface area contributed by atoms with E-state index in [9.17, 15) is 4.79 Å². The predicted molar refractivity (Wildman–Crippen MR) is 59.5 cm³/mol. The van der Waals surface area contributed by atoms with Crippen LogP contribution in [0.15, 0.2) is 11.6 Å². The van der Waals surface area contributed by atoms with Crippen molar-refractivity contribution in [1.29, 1.82) is 0 Å². The Morgan fingerprint density at radius 1 is 1.69 bits per heavy atom. The summed E-state index contributed by atoms with van der Waals surface area (Å²) in [5, 5.41) is 0. The lowest BCUT2D eigenvalue weighted by molar-refractivity contribution is -0.127. The lowest BCUT2D eigenvalue weighted by Crippen LogP contribution is -2.35. The van der Waals surface area contributed by atoms with Crippen LogP contribution in [0.3, 0.4) is 0 Å². The van der Waals surface area contributed by atoms with Gasteiger partial charge in [0, 0.05) is 24.7 Å². The van der Waals surface area contributed by atoms with Crippen LogP contribution < -0.4 is 0 Å². The maximum absolute atomic E-state index is 11.1. The average molecular weight is 295 g/mol. The molecule has 0 fully saturated rings. The van der Waals surface area contributed by atoms with E-state index < -0.39 is 0 Å². The summed E-state index contributed by atoms with van der Waals surface area (Å²) in [6, 6.07) is 0.549. The molecule has 0 saturated carbocycles. The molecule has 13 heavy (non-hydrogen) atoms. The van der Waals surface area contributed by atoms with Gasteiger partial charge in [-0.2, -0.15) is 0 Å². The SMILES string of the molecule is CC(C)N1CC=C(C(=O)OI)CC1. The third-order valence-corrected chi connectivity index (χ3v) is 2.70. The minimum absolute atomic E-state index is 0.191. The van der Waals surface area contributed by atoms with Gasteiger partial charge in [-0.1, -0.05) is 6.08 Å². The van der Waals surface area contributed by atoms with E-state index in [0.29, 0.717) is 6.04 Å². The molecule has 1 rings (SSSR count). The van der Waals surface area contributed by atoms with Crippen LogP contribution >= 0.6 is 23.0 Å². The molecule has 0 amide bonds. The third kappa shape index (κ3) is 2.95. The van der Waals surface area contributed by atoms with Crippen LogP contribution in [-0.2, 0) is 7.86 Å². The molecule has 3 nitrogen and oxygen atoms in total. The number of rotatable bonds is 2. The van der Waals surface area contributed by atoms with E-state index in [4.69, 9.17) is 0 Å². The molecular formula is C9H14INO2. The molecule has 0 spiro atoms. The fourth-order valence-corrected chi connectivity index (χ4v) is 1.67. The number of carbonyl (C=O) groups excluding carboxylic acids is 1. The quantitative estimate of drug-likeness (QED) is 0.729. The first kappa shape index (κ1) is 11.0. The van der Waals surface area contributed by atoms with Gasteiger partial charge >= 0.3 is 5.97 Å². The average Bonchev–Trinajstić information content (AvgIpc) is 2.17. The van der Waals surface area contributed by atoms with Crippen LogP contribution in [0.4, 0.5) is 0 Å². The van der Waals surface area contributed by atoms with Crippen molar-refractivity contribution in [1.82, 2.24) is 4.90 Å². The second kappa shape index (κ2) is 4.95. The van der Waals surface area contributed by atoms with Crippen LogP contribution in [0.25, 0.3) is 0 Å². The smallest absolute Gasteiger partial charge is 0.343 e. The largest absolute Gasteiger partial charge is 0.391 e. The highest BCUT2D eigenvalue weighted by atomic mass is 127. The molecule has 0 atom stereocenters. The highest BCUT2D eigenvalue weighted by molar-refractivity contribution is 14.1. The molecular weight excluding hydrogens is 281 g/mol. The highest BCUT2D eigenvalue weighted by Crippen LogP contribution is 2.15. The minimum Gasteiger partial charge on any atom is -0.391 e. The Kier molecular flexibility index (Phi) is 4.18. The zero-order valence-corrected chi connectivity index (χ0v) is 10.1. The van der Waals surface area contributed by atoms with Gasteiger partial charge in [0.05, 0.1) is 0 Å². The van der Waals surface area contributed by atoms with Crippen molar-refractivity contribution in [2.45, 2.75) is 26.3 Å². The molecule has 0 unspecified atom stereocenters. The monoisotopic (exact) mass is 295 g/mol. The Hall–Kier alpha value is -0.100. The Labute approximate surface area is 92.8 Å². The van der Waals surface area contributed by atoms with Crippen LogP contribution in [0.2, 0.25) is 0 Å². The van der Waals surface area contributed by atoms with Gasteiger partial charge < -0.3 is 3.07 Å². The second-order valence-corrected chi connectivity index (χ2v) is 3.87. The van der Waals surface area contributed by atoms with E-state index in [1.807, 2.05) is 6.08 Å². The number of hydrogen-bond donors (Lipinski definition) is 0. The second-order valence-electron chi connectivity index (χ2n) is 3.43.